The van der Waals surface area contributed by atoms with Crippen LogP contribution < -0.4 is 0 Å². The molecule has 0 aliphatic carbocycles. The van der Waals surface area contributed by atoms with Crippen LogP contribution in [0.25, 0.3) is 0 Å². The maximum atomic E-state index is 4.90. The largest absolute Gasteiger partial charge is 0.377 e. The van der Waals surface area contributed by atoms with Crippen molar-refractivity contribution in [2.75, 3.05) is 7.11 Å². The van der Waals surface area contributed by atoms with Crippen molar-refractivity contribution in [2.45, 2.75) is 26.4 Å². The lowest BCUT2D eigenvalue weighted by Crippen LogP contribution is -1.98. The first kappa shape index (κ1) is 9.13. The highest BCUT2D eigenvalue weighted by atomic mass is 16.5. The van der Waals surface area contributed by atoms with Gasteiger partial charge in [-0.25, -0.2) is 9.97 Å². The van der Waals surface area contributed by atoms with Crippen LogP contribution in [0.15, 0.2) is 12.4 Å². The Kier molecular flexibility index (Phi) is 3.17. The molecule has 0 saturated carbocycles. The third-order valence-corrected chi connectivity index (χ3v) is 1.67. The second-order valence-electron chi connectivity index (χ2n) is 3.02. The first-order valence-electron chi connectivity index (χ1n) is 4.03. The van der Waals surface area contributed by atoms with E-state index in [1.54, 1.807) is 7.11 Å². The zero-order chi connectivity index (χ0) is 8.97. The van der Waals surface area contributed by atoms with Gasteiger partial charge in [0.05, 0.1) is 0 Å². The predicted octanol–water partition coefficient (Wildman–Crippen LogP) is 1.75. The van der Waals surface area contributed by atoms with Crippen LogP contribution in [0.5, 0.6) is 0 Å². The molecule has 0 aromatic carbocycles. The Labute approximate surface area is 72.8 Å². The minimum atomic E-state index is 0.484. The molecule has 0 bridgehead atoms. The molecule has 0 unspecified atom stereocenters. The highest BCUT2D eigenvalue weighted by Crippen LogP contribution is 2.10. The SMILES string of the molecule is COCc1ncc(C(C)C)cn1. The van der Waals surface area contributed by atoms with Gasteiger partial charge in [-0.05, 0) is 11.5 Å². The molecule has 0 spiro atoms. The maximum Gasteiger partial charge on any atom is 0.153 e. The monoisotopic (exact) mass is 166 g/mol. The van der Waals surface area contributed by atoms with E-state index >= 15 is 0 Å². The molecule has 0 fully saturated rings. The van der Waals surface area contributed by atoms with Gasteiger partial charge in [0.15, 0.2) is 5.82 Å². The Balaban J connectivity index is 2.71. The van der Waals surface area contributed by atoms with Crippen LogP contribution in [0.3, 0.4) is 0 Å². The second kappa shape index (κ2) is 4.16. The van der Waals surface area contributed by atoms with Crippen LogP contribution in [0.1, 0.15) is 31.2 Å². The van der Waals surface area contributed by atoms with E-state index in [0.717, 1.165) is 11.4 Å². The van der Waals surface area contributed by atoms with Gasteiger partial charge in [-0.15, -0.1) is 0 Å². The number of nitrogens with zero attached hydrogens (tertiary/aromatic N) is 2. The first-order valence-corrected chi connectivity index (χ1v) is 4.03. The fourth-order valence-electron chi connectivity index (χ4n) is 0.867. The maximum absolute atomic E-state index is 4.90. The van der Waals surface area contributed by atoms with E-state index in [2.05, 4.69) is 23.8 Å². The molecule has 0 radical (unpaired) electrons. The Morgan fingerprint density at radius 3 is 2.33 bits per heavy atom. The average molecular weight is 166 g/mol. The number of hydrogen-bond acceptors (Lipinski definition) is 3. The molecule has 0 saturated heterocycles. The van der Waals surface area contributed by atoms with Crippen molar-refractivity contribution in [1.82, 2.24) is 9.97 Å². The predicted molar refractivity (Wildman–Crippen MR) is 46.8 cm³/mol. The fourth-order valence-corrected chi connectivity index (χ4v) is 0.867. The number of aromatic nitrogens is 2. The summed E-state index contributed by atoms with van der Waals surface area (Å²) in [5, 5.41) is 0. The van der Waals surface area contributed by atoms with Crippen molar-refractivity contribution in [3.63, 3.8) is 0 Å². The highest BCUT2D eigenvalue weighted by molar-refractivity contribution is 5.09. The van der Waals surface area contributed by atoms with Crippen molar-refractivity contribution in [2.24, 2.45) is 0 Å². The third-order valence-electron chi connectivity index (χ3n) is 1.67. The summed E-state index contributed by atoms with van der Waals surface area (Å²) in [6.07, 6.45) is 3.71. The second-order valence-corrected chi connectivity index (χ2v) is 3.02. The van der Waals surface area contributed by atoms with Gasteiger partial charge >= 0.3 is 0 Å². The van der Waals surface area contributed by atoms with Crippen LogP contribution in [0.2, 0.25) is 0 Å². The van der Waals surface area contributed by atoms with Gasteiger partial charge in [-0.3, -0.25) is 0 Å². The summed E-state index contributed by atoms with van der Waals surface area (Å²) < 4.78 is 4.90. The standard InChI is InChI=1S/C9H14N2O/c1-7(2)8-4-10-9(6-12-3)11-5-8/h4-5,7H,6H2,1-3H3. The zero-order valence-electron chi connectivity index (χ0n) is 7.74. The van der Waals surface area contributed by atoms with Crippen molar-refractivity contribution >= 4 is 0 Å². The van der Waals surface area contributed by atoms with Crippen LogP contribution in [-0.4, -0.2) is 17.1 Å². The minimum Gasteiger partial charge on any atom is -0.377 e. The Morgan fingerprint density at radius 1 is 1.33 bits per heavy atom. The highest BCUT2D eigenvalue weighted by Gasteiger charge is 2.00. The molecule has 0 atom stereocenters. The molecule has 3 heteroatoms. The molecule has 0 aliphatic heterocycles. The van der Waals surface area contributed by atoms with Gasteiger partial charge in [0, 0.05) is 19.5 Å². The van der Waals surface area contributed by atoms with Gasteiger partial charge in [0.25, 0.3) is 0 Å². The molecule has 1 rings (SSSR count). The van der Waals surface area contributed by atoms with Crippen LogP contribution in [0.4, 0.5) is 0 Å². The lowest BCUT2D eigenvalue weighted by molar-refractivity contribution is 0.177. The summed E-state index contributed by atoms with van der Waals surface area (Å²) in [6.45, 7) is 4.72. The molecule has 1 aromatic rings. The first-order chi connectivity index (χ1) is 5.74. The van der Waals surface area contributed by atoms with E-state index in [0.29, 0.717) is 12.5 Å². The normalized spacial score (nSPS) is 10.7. The van der Waals surface area contributed by atoms with Gasteiger partial charge in [0.1, 0.15) is 6.61 Å². The summed E-state index contributed by atoms with van der Waals surface area (Å²) in [5.74, 6) is 1.23. The van der Waals surface area contributed by atoms with Crippen LogP contribution >= 0.6 is 0 Å². The van der Waals surface area contributed by atoms with E-state index in [4.69, 9.17) is 4.74 Å². The lowest BCUT2D eigenvalue weighted by Gasteiger charge is -2.03. The van der Waals surface area contributed by atoms with Crippen molar-refractivity contribution in [3.8, 4) is 0 Å². The van der Waals surface area contributed by atoms with Gasteiger partial charge in [-0.1, -0.05) is 13.8 Å². The lowest BCUT2D eigenvalue weighted by atomic mass is 10.1. The zero-order valence-corrected chi connectivity index (χ0v) is 7.74. The van der Waals surface area contributed by atoms with Gasteiger partial charge < -0.3 is 4.74 Å². The Hall–Kier alpha value is -0.960. The molecule has 66 valence electrons. The number of hydrogen-bond donors (Lipinski definition) is 0. The van der Waals surface area contributed by atoms with E-state index < -0.39 is 0 Å². The van der Waals surface area contributed by atoms with E-state index in [1.807, 2.05) is 12.4 Å². The van der Waals surface area contributed by atoms with Crippen LogP contribution in [0, 0.1) is 0 Å². The summed E-state index contributed by atoms with van der Waals surface area (Å²) in [4.78, 5) is 8.31. The van der Waals surface area contributed by atoms with Crippen LogP contribution in [-0.2, 0) is 11.3 Å². The van der Waals surface area contributed by atoms with E-state index in [9.17, 15) is 0 Å². The molecule has 1 heterocycles. The number of rotatable bonds is 3. The topological polar surface area (TPSA) is 35.0 Å². The molecular formula is C9H14N2O. The summed E-state index contributed by atoms with van der Waals surface area (Å²) >= 11 is 0. The third kappa shape index (κ3) is 2.27. The van der Waals surface area contributed by atoms with E-state index in [-0.39, 0.29) is 0 Å². The summed E-state index contributed by atoms with van der Waals surface area (Å²) in [7, 11) is 1.64. The minimum absolute atomic E-state index is 0.484. The fraction of sp³-hybridized carbons (Fsp3) is 0.556. The summed E-state index contributed by atoms with van der Waals surface area (Å²) in [5.41, 5.74) is 1.16. The molecule has 1 aromatic heterocycles. The van der Waals surface area contributed by atoms with Crippen molar-refractivity contribution in [1.29, 1.82) is 0 Å². The molecule has 12 heavy (non-hydrogen) atoms. The average Bonchev–Trinajstić information content (AvgIpc) is 2.06. The number of methoxy groups -OCH3 is 1. The Bertz CT molecular complexity index is 231. The van der Waals surface area contributed by atoms with E-state index in [1.165, 1.54) is 0 Å². The number of ether oxygens (including phenoxy) is 1. The smallest absolute Gasteiger partial charge is 0.153 e. The molecule has 0 aliphatic rings. The molecular weight excluding hydrogens is 152 g/mol. The van der Waals surface area contributed by atoms with Crippen molar-refractivity contribution in [3.05, 3.63) is 23.8 Å². The quantitative estimate of drug-likeness (QED) is 0.686. The van der Waals surface area contributed by atoms with Gasteiger partial charge in [0.2, 0.25) is 0 Å². The molecule has 0 amide bonds. The van der Waals surface area contributed by atoms with Crippen molar-refractivity contribution < 1.29 is 4.74 Å². The van der Waals surface area contributed by atoms with Gasteiger partial charge in [-0.2, -0.15) is 0 Å². The summed E-state index contributed by atoms with van der Waals surface area (Å²) in [6, 6.07) is 0. The molecule has 3 nitrogen and oxygen atoms in total. The molecule has 0 N–H and O–H groups in total. The Morgan fingerprint density at radius 2 is 1.92 bits per heavy atom.